The highest BCUT2D eigenvalue weighted by Crippen LogP contribution is 2.23. The third kappa shape index (κ3) is 6.27. The predicted octanol–water partition coefficient (Wildman–Crippen LogP) is 2.69. The molecular weight excluding hydrogens is 446 g/mol. The molecule has 35 heavy (non-hydrogen) atoms. The second-order valence-electron chi connectivity index (χ2n) is 8.97. The van der Waals surface area contributed by atoms with E-state index in [2.05, 4.69) is 49.5 Å². The van der Waals surface area contributed by atoms with Gasteiger partial charge in [-0.15, -0.1) is 0 Å². The number of aryl methyl sites for hydroxylation is 2. The number of ether oxygens (including phenoxy) is 2. The maximum Gasteiger partial charge on any atom is 0.259 e. The van der Waals surface area contributed by atoms with E-state index in [1.54, 1.807) is 26.6 Å². The van der Waals surface area contributed by atoms with Gasteiger partial charge in [0.1, 0.15) is 17.3 Å². The first-order valence-electron chi connectivity index (χ1n) is 11.8. The molecule has 3 heterocycles. The highest BCUT2D eigenvalue weighted by Gasteiger charge is 2.23. The molecule has 1 aromatic carbocycles. The number of H-pyrrole nitrogens is 1. The summed E-state index contributed by atoms with van der Waals surface area (Å²) in [5, 5.41) is 13.5. The Balaban J connectivity index is 1.32. The zero-order valence-corrected chi connectivity index (χ0v) is 20.7. The van der Waals surface area contributed by atoms with E-state index in [4.69, 9.17) is 9.47 Å². The van der Waals surface area contributed by atoms with Crippen LogP contribution in [0.15, 0.2) is 36.7 Å². The molecule has 0 aliphatic carbocycles. The fourth-order valence-corrected chi connectivity index (χ4v) is 4.04. The normalized spacial score (nSPS) is 15.8. The summed E-state index contributed by atoms with van der Waals surface area (Å²) in [4.78, 5) is 23.7. The number of nitrogens with zero attached hydrogens (tertiary/aromatic N) is 4. The SMILES string of the molecule is COc1cc(CCc2cc(NC(=O)c3cnc(N4CCN[C@@H](C(C)C)C4)nc3)[nH]n2)cc(OC)c1. The van der Waals surface area contributed by atoms with Gasteiger partial charge in [0.05, 0.1) is 25.5 Å². The minimum Gasteiger partial charge on any atom is -0.497 e. The first-order valence-corrected chi connectivity index (χ1v) is 11.8. The first-order chi connectivity index (χ1) is 16.9. The highest BCUT2D eigenvalue weighted by molar-refractivity contribution is 6.03. The van der Waals surface area contributed by atoms with Gasteiger partial charge in [-0.1, -0.05) is 13.8 Å². The second kappa shape index (κ2) is 11.2. The number of carbonyl (C=O) groups is 1. The summed E-state index contributed by atoms with van der Waals surface area (Å²) < 4.78 is 10.7. The van der Waals surface area contributed by atoms with Crippen LogP contribution in [0.2, 0.25) is 0 Å². The summed E-state index contributed by atoms with van der Waals surface area (Å²) in [6.45, 7) is 6.98. The van der Waals surface area contributed by atoms with Crippen molar-refractivity contribution in [1.29, 1.82) is 0 Å². The average Bonchev–Trinajstić information content (AvgIpc) is 3.34. The number of hydrogen-bond acceptors (Lipinski definition) is 8. The van der Waals surface area contributed by atoms with E-state index in [1.807, 2.05) is 24.3 Å². The monoisotopic (exact) mass is 479 g/mol. The molecule has 2 aromatic heterocycles. The topological polar surface area (TPSA) is 117 Å². The minimum atomic E-state index is -0.287. The van der Waals surface area contributed by atoms with Gasteiger partial charge in [-0.2, -0.15) is 5.10 Å². The van der Waals surface area contributed by atoms with Gasteiger partial charge in [0, 0.05) is 50.2 Å². The number of amides is 1. The molecule has 10 heteroatoms. The Morgan fingerprint density at radius 1 is 1.11 bits per heavy atom. The van der Waals surface area contributed by atoms with E-state index in [-0.39, 0.29) is 5.91 Å². The van der Waals surface area contributed by atoms with Gasteiger partial charge in [0.2, 0.25) is 5.95 Å². The number of aromatic nitrogens is 4. The molecule has 1 atom stereocenters. The molecule has 0 unspecified atom stereocenters. The molecule has 186 valence electrons. The Bertz CT molecular complexity index is 1110. The van der Waals surface area contributed by atoms with Gasteiger partial charge >= 0.3 is 0 Å². The summed E-state index contributed by atoms with van der Waals surface area (Å²) in [5.74, 6) is 2.91. The van der Waals surface area contributed by atoms with Crippen LogP contribution < -0.4 is 25.0 Å². The maximum atomic E-state index is 12.7. The van der Waals surface area contributed by atoms with Gasteiger partial charge in [0.15, 0.2) is 0 Å². The van der Waals surface area contributed by atoms with Gasteiger partial charge < -0.3 is 25.0 Å². The number of piperazine rings is 1. The van der Waals surface area contributed by atoms with Gasteiger partial charge in [-0.05, 0) is 36.5 Å². The number of methoxy groups -OCH3 is 2. The van der Waals surface area contributed by atoms with E-state index in [0.29, 0.717) is 35.7 Å². The van der Waals surface area contributed by atoms with Gasteiger partial charge in [0.25, 0.3) is 5.91 Å². The van der Waals surface area contributed by atoms with Crippen molar-refractivity contribution in [3.05, 3.63) is 53.5 Å². The van der Waals surface area contributed by atoms with Crippen molar-refractivity contribution in [2.24, 2.45) is 5.92 Å². The first kappa shape index (κ1) is 24.5. The standard InChI is InChI=1S/C25H33N7O3/c1-16(2)22-15-32(8-7-26-22)25-27-13-18(14-28-25)24(33)29-23-11-19(30-31-23)6-5-17-9-20(34-3)12-21(10-17)35-4/h9-14,16,22,26H,5-8,15H2,1-4H3,(H2,29,30,31,33)/t22-/m1/s1. The molecule has 0 spiro atoms. The molecule has 0 saturated carbocycles. The molecule has 10 nitrogen and oxygen atoms in total. The number of aromatic amines is 1. The largest absolute Gasteiger partial charge is 0.497 e. The molecule has 1 saturated heterocycles. The molecule has 0 bridgehead atoms. The number of nitrogens with one attached hydrogen (secondary N) is 3. The van der Waals surface area contributed by atoms with Crippen molar-refractivity contribution in [1.82, 2.24) is 25.5 Å². The summed E-state index contributed by atoms with van der Waals surface area (Å²) in [5.41, 5.74) is 2.31. The quantitative estimate of drug-likeness (QED) is 0.429. The lowest BCUT2D eigenvalue weighted by Gasteiger charge is -2.35. The fourth-order valence-electron chi connectivity index (χ4n) is 4.04. The number of benzene rings is 1. The lowest BCUT2D eigenvalue weighted by atomic mass is 10.0. The van der Waals surface area contributed by atoms with E-state index in [0.717, 1.165) is 48.8 Å². The van der Waals surface area contributed by atoms with Crippen LogP contribution in [0.3, 0.4) is 0 Å². The van der Waals surface area contributed by atoms with Crippen LogP contribution in [0.4, 0.5) is 11.8 Å². The average molecular weight is 480 g/mol. The summed E-state index contributed by atoms with van der Waals surface area (Å²) in [6.07, 6.45) is 4.59. The van der Waals surface area contributed by atoms with Crippen molar-refractivity contribution in [2.75, 3.05) is 44.1 Å². The third-order valence-corrected chi connectivity index (χ3v) is 6.15. The molecule has 1 aliphatic rings. The van der Waals surface area contributed by atoms with E-state index < -0.39 is 0 Å². The molecule has 0 radical (unpaired) electrons. The highest BCUT2D eigenvalue weighted by atomic mass is 16.5. The van der Waals surface area contributed by atoms with Crippen molar-refractivity contribution in [3.63, 3.8) is 0 Å². The van der Waals surface area contributed by atoms with Crippen LogP contribution in [0, 0.1) is 5.92 Å². The van der Waals surface area contributed by atoms with Gasteiger partial charge in [-0.25, -0.2) is 9.97 Å². The molecule has 1 amide bonds. The summed E-state index contributed by atoms with van der Waals surface area (Å²) in [6, 6.07) is 8.03. The second-order valence-corrected chi connectivity index (χ2v) is 8.97. The molecule has 1 aliphatic heterocycles. The predicted molar refractivity (Wildman–Crippen MR) is 134 cm³/mol. The van der Waals surface area contributed by atoms with Crippen LogP contribution in [-0.2, 0) is 12.8 Å². The maximum absolute atomic E-state index is 12.7. The van der Waals surface area contributed by atoms with E-state index in [9.17, 15) is 4.79 Å². The van der Waals surface area contributed by atoms with Crippen LogP contribution in [0.5, 0.6) is 11.5 Å². The summed E-state index contributed by atoms with van der Waals surface area (Å²) >= 11 is 0. The molecule has 1 fully saturated rings. The van der Waals surface area contributed by atoms with Crippen molar-refractivity contribution in [2.45, 2.75) is 32.7 Å². The number of rotatable bonds is 9. The zero-order chi connectivity index (χ0) is 24.8. The fraction of sp³-hybridized carbons (Fsp3) is 0.440. The molecular formula is C25H33N7O3. The van der Waals surface area contributed by atoms with E-state index in [1.165, 1.54) is 0 Å². The van der Waals surface area contributed by atoms with Crippen LogP contribution in [0.1, 0.15) is 35.5 Å². The van der Waals surface area contributed by atoms with Gasteiger partial charge in [-0.3, -0.25) is 9.89 Å². The zero-order valence-electron chi connectivity index (χ0n) is 20.7. The molecule has 4 rings (SSSR count). The van der Waals surface area contributed by atoms with Crippen molar-refractivity contribution in [3.8, 4) is 11.5 Å². The Morgan fingerprint density at radius 3 is 2.49 bits per heavy atom. The lowest BCUT2D eigenvalue weighted by molar-refractivity contribution is 0.102. The van der Waals surface area contributed by atoms with Crippen LogP contribution in [0.25, 0.3) is 0 Å². The molecule has 3 N–H and O–H groups in total. The van der Waals surface area contributed by atoms with Crippen molar-refractivity contribution >= 4 is 17.7 Å². The van der Waals surface area contributed by atoms with Crippen LogP contribution in [-0.4, -0.2) is 66.0 Å². The Hall–Kier alpha value is -3.66. The Labute approximate surface area is 205 Å². The Kier molecular flexibility index (Phi) is 7.81. The Morgan fingerprint density at radius 2 is 1.83 bits per heavy atom. The smallest absolute Gasteiger partial charge is 0.259 e. The van der Waals surface area contributed by atoms with Crippen LogP contribution >= 0.6 is 0 Å². The number of anilines is 2. The minimum absolute atomic E-state index is 0.287. The van der Waals surface area contributed by atoms with E-state index >= 15 is 0 Å². The van der Waals surface area contributed by atoms with Crippen molar-refractivity contribution < 1.29 is 14.3 Å². The number of hydrogen-bond donors (Lipinski definition) is 3. The lowest BCUT2D eigenvalue weighted by Crippen LogP contribution is -2.53. The molecule has 3 aromatic rings. The third-order valence-electron chi connectivity index (χ3n) is 6.15. The summed E-state index contributed by atoms with van der Waals surface area (Å²) in [7, 11) is 3.26. The number of carbonyl (C=O) groups excluding carboxylic acids is 1.